The van der Waals surface area contributed by atoms with Crippen molar-refractivity contribution < 1.29 is 9.59 Å². The van der Waals surface area contributed by atoms with Crippen LogP contribution in [0.1, 0.15) is 34.8 Å². The first-order valence-electron chi connectivity index (χ1n) is 6.57. The number of Topliss-reactive ketones (excluding diaryl/α,β-unsaturated/α-hetero) is 1. The molecule has 0 amide bonds. The van der Waals surface area contributed by atoms with Gasteiger partial charge in [-0.15, -0.1) is 11.6 Å². The van der Waals surface area contributed by atoms with E-state index in [1.807, 2.05) is 6.07 Å². The normalized spacial score (nSPS) is 13.5. The molecule has 0 radical (unpaired) electrons. The molecule has 0 spiro atoms. The molecule has 1 heterocycles. The first-order chi connectivity index (χ1) is 9.15. The maximum Gasteiger partial charge on any atom is 0.152 e. The third-order valence-electron chi connectivity index (χ3n) is 3.39. The van der Waals surface area contributed by atoms with Crippen molar-refractivity contribution >= 4 is 29.4 Å². The summed E-state index contributed by atoms with van der Waals surface area (Å²) >= 11 is 5.73. The summed E-state index contributed by atoms with van der Waals surface area (Å²) in [6.07, 6.45) is 3.13. The predicted molar refractivity (Wildman–Crippen MR) is 77.5 cm³/mol. The van der Waals surface area contributed by atoms with Crippen LogP contribution in [0.3, 0.4) is 0 Å². The number of benzene rings is 1. The molecule has 0 aromatic heterocycles. The SMILES string of the molecule is CC(=O)Cc1cc(C=O)c2c(c1)CCN2CCCCl. The van der Waals surface area contributed by atoms with Gasteiger partial charge in [-0.2, -0.15) is 0 Å². The Morgan fingerprint density at radius 2 is 2.26 bits per heavy atom. The summed E-state index contributed by atoms with van der Waals surface area (Å²) in [7, 11) is 0. The number of ketones is 1. The van der Waals surface area contributed by atoms with E-state index >= 15 is 0 Å². The molecule has 1 aromatic rings. The molecule has 4 heteroatoms. The monoisotopic (exact) mass is 279 g/mol. The molecule has 0 saturated heterocycles. The van der Waals surface area contributed by atoms with Crippen molar-refractivity contribution in [3.05, 3.63) is 28.8 Å². The van der Waals surface area contributed by atoms with Crippen LogP contribution in [-0.4, -0.2) is 31.0 Å². The first kappa shape index (κ1) is 14.1. The van der Waals surface area contributed by atoms with Crippen LogP contribution in [-0.2, 0) is 17.6 Å². The average molecular weight is 280 g/mol. The maximum atomic E-state index is 11.3. The van der Waals surface area contributed by atoms with Crippen molar-refractivity contribution in [2.75, 3.05) is 23.9 Å². The standard InChI is InChI=1S/C15H18ClNO2/c1-11(19)7-12-8-13-3-6-17(5-2-4-16)15(13)14(9-12)10-18/h8-10H,2-7H2,1H3. The lowest BCUT2D eigenvalue weighted by molar-refractivity contribution is -0.116. The molecule has 0 unspecified atom stereocenters. The zero-order valence-electron chi connectivity index (χ0n) is 11.1. The van der Waals surface area contributed by atoms with Crippen molar-refractivity contribution in [2.24, 2.45) is 0 Å². The smallest absolute Gasteiger partial charge is 0.152 e. The van der Waals surface area contributed by atoms with Gasteiger partial charge in [-0.3, -0.25) is 9.59 Å². The van der Waals surface area contributed by atoms with Crippen LogP contribution in [0.15, 0.2) is 12.1 Å². The van der Waals surface area contributed by atoms with E-state index in [0.717, 1.165) is 43.5 Å². The molecule has 0 saturated carbocycles. The number of fused-ring (bicyclic) bond motifs is 1. The molecule has 2 rings (SSSR count). The zero-order valence-corrected chi connectivity index (χ0v) is 11.9. The Morgan fingerprint density at radius 1 is 1.47 bits per heavy atom. The molecular weight excluding hydrogens is 262 g/mol. The van der Waals surface area contributed by atoms with Crippen LogP contribution in [0.25, 0.3) is 0 Å². The first-order valence-corrected chi connectivity index (χ1v) is 7.10. The Bertz CT molecular complexity index is 499. The second-order valence-corrected chi connectivity index (χ2v) is 5.35. The Morgan fingerprint density at radius 3 is 2.89 bits per heavy atom. The minimum atomic E-state index is 0.119. The topological polar surface area (TPSA) is 37.4 Å². The molecule has 102 valence electrons. The van der Waals surface area contributed by atoms with Gasteiger partial charge in [0, 0.05) is 31.0 Å². The molecule has 0 aliphatic carbocycles. The molecule has 0 fully saturated rings. The number of hydrogen-bond acceptors (Lipinski definition) is 3. The van der Waals surface area contributed by atoms with Gasteiger partial charge in [0.2, 0.25) is 0 Å². The lowest BCUT2D eigenvalue weighted by Gasteiger charge is -2.20. The predicted octanol–water partition coefficient (Wildman–Crippen LogP) is 2.62. The van der Waals surface area contributed by atoms with E-state index < -0.39 is 0 Å². The highest BCUT2D eigenvalue weighted by molar-refractivity contribution is 6.17. The Balaban J connectivity index is 2.32. The molecule has 0 atom stereocenters. The van der Waals surface area contributed by atoms with Crippen LogP contribution >= 0.6 is 11.6 Å². The van der Waals surface area contributed by atoms with Gasteiger partial charge >= 0.3 is 0 Å². The van der Waals surface area contributed by atoms with E-state index in [2.05, 4.69) is 11.0 Å². The van der Waals surface area contributed by atoms with Crippen LogP contribution in [0.5, 0.6) is 0 Å². The number of carbonyl (C=O) groups is 2. The Hall–Kier alpha value is -1.35. The van der Waals surface area contributed by atoms with Gasteiger partial charge in [0.15, 0.2) is 6.29 Å². The second kappa shape index (κ2) is 6.20. The molecule has 1 aliphatic heterocycles. The summed E-state index contributed by atoms with van der Waals surface area (Å²) in [5, 5.41) is 0. The maximum absolute atomic E-state index is 11.3. The molecular formula is C15H18ClNO2. The number of hydrogen-bond donors (Lipinski definition) is 0. The van der Waals surface area contributed by atoms with E-state index in [1.165, 1.54) is 5.56 Å². The number of nitrogens with zero attached hydrogens (tertiary/aromatic N) is 1. The van der Waals surface area contributed by atoms with E-state index in [-0.39, 0.29) is 5.78 Å². The van der Waals surface area contributed by atoms with Gasteiger partial charge in [0.05, 0.1) is 5.69 Å². The number of aldehydes is 1. The number of rotatable bonds is 6. The van der Waals surface area contributed by atoms with Crippen molar-refractivity contribution in [3.8, 4) is 0 Å². The number of anilines is 1. The summed E-state index contributed by atoms with van der Waals surface area (Å²) in [5.41, 5.74) is 3.84. The van der Waals surface area contributed by atoms with E-state index in [0.29, 0.717) is 17.9 Å². The van der Waals surface area contributed by atoms with E-state index in [9.17, 15) is 9.59 Å². The molecule has 3 nitrogen and oxygen atoms in total. The molecule has 19 heavy (non-hydrogen) atoms. The second-order valence-electron chi connectivity index (χ2n) is 4.97. The number of alkyl halides is 1. The van der Waals surface area contributed by atoms with E-state index in [4.69, 9.17) is 11.6 Å². The van der Waals surface area contributed by atoms with Crippen LogP contribution in [0.4, 0.5) is 5.69 Å². The summed E-state index contributed by atoms with van der Waals surface area (Å²) in [6.45, 7) is 3.38. The Kier molecular flexibility index (Phi) is 4.59. The highest BCUT2D eigenvalue weighted by atomic mass is 35.5. The van der Waals surface area contributed by atoms with Gasteiger partial charge in [-0.1, -0.05) is 6.07 Å². The minimum absolute atomic E-state index is 0.119. The van der Waals surface area contributed by atoms with Gasteiger partial charge in [0.1, 0.15) is 5.78 Å². The Labute approximate surface area is 118 Å². The third kappa shape index (κ3) is 3.16. The number of halogens is 1. The molecule has 1 aromatic carbocycles. The number of carbonyl (C=O) groups excluding carboxylic acids is 2. The average Bonchev–Trinajstić information content (AvgIpc) is 2.77. The lowest BCUT2D eigenvalue weighted by Crippen LogP contribution is -2.23. The highest BCUT2D eigenvalue weighted by Crippen LogP contribution is 2.32. The third-order valence-corrected chi connectivity index (χ3v) is 3.65. The fraction of sp³-hybridized carbons (Fsp3) is 0.467. The van der Waals surface area contributed by atoms with Gasteiger partial charge in [-0.05, 0) is 37.0 Å². The van der Waals surface area contributed by atoms with Crippen LogP contribution in [0.2, 0.25) is 0 Å². The van der Waals surface area contributed by atoms with Gasteiger partial charge < -0.3 is 4.90 Å². The van der Waals surface area contributed by atoms with Crippen molar-refractivity contribution in [3.63, 3.8) is 0 Å². The summed E-state index contributed by atoms with van der Waals surface area (Å²) in [5.74, 6) is 0.749. The van der Waals surface area contributed by atoms with Crippen molar-refractivity contribution in [1.29, 1.82) is 0 Å². The fourth-order valence-corrected chi connectivity index (χ4v) is 2.80. The zero-order chi connectivity index (χ0) is 13.8. The van der Waals surface area contributed by atoms with E-state index in [1.54, 1.807) is 6.92 Å². The summed E-state index contributed by atoms with van der Waals surface area (Å²) < 4.78 is 0. The fourth-order valence-electron chi connectivity index (χ4n) is 2.68. The van der Waals surface area contributed by atoms with Gasteiger partial charge in [0.25, 0.3) is 0 Å². The molecule has 1 aliphatic rings. The summed E-state index contributed by atoms with van der Waals surface area (Å²) in [4.78, 5) is 24.7. The van der Waals surface area contributed by atoms with Gasteiger partial charge in [-0.25, -0.2) is 0 Å². The molecule has 0 N–H and O–H groups in total. The minimum Gasteiger partial charge on any atom is -0.370 e. The quantitative estimate of drug-likeness (QED) is 0.593. The lowest BCUT2D eigenvalue weighted by atomic mass is 10.0. The van der Waals surface area contributed by atoms with Crippen molar-refractivity contribution in [2.45, 2.75) is 26.2 Å². The molecule has 0 bridgehead atoms. The highest BCUT2D eigenvalue weighted by Gasteiger charge is 2.22. The summed E-state index contributed by atoms with van der Waals surface area (Å²) in [6, 6.07) is 3.90. The van der Waals surface area contributed by atoms with Crippen LogP contribution in [0, 0.1) is 0 Å². The van der Waals surface area contributed by atoms with Crippen molar-refractivity contribution in [1.82, 2.24) is 0 Å². The van der Waals surface area contributed by atoms with Crippen LogP contribution < -0.4 is 4.90 Å². The largest absolute Gasteiger partial charge is 0.370 e.